The van der Waals surface area contributed by atoms with Crippen LogP contribution < -0.4 is 15.8 Å². The van der Waals surface area contributed by atoms with Crippen molar-refractivity contribution in [2.75, 3.05) is 31.2 Å². The van der Waals surface area contributed by atoms with E-state index in [0.717, 1.165) is 12.8 Å². The van der Waals surface area contributed by atoms with E-state index in [2.05, 4.69) is 10.0 Å². The molecule has 5 N–H and O–H groups in total. The van der Waals surface area contributed by atoms with E-state index in [1.54, 1.807) is 6.07 Å². The van der Waals surface area contributed by atoms with E-state index in [-0.39, 0.29) is 16.9 Å². The number of aliphatic hydroxyl groups is 1. The molecule has 6 nitrogen and oxygen atoms in total. The second-order valence-electron chi connectivity index (χ2n) is 5.18. The van der Waals surface area contributed by atoms with Crippen molar-refractivity contribution in [3.63, 3.8) is 0 Å². The van der Waals surface area contributed by atoms with Crippen molar-refractivity contribution >= 4 is 21.4 Å². The molecule has 0 fully saturated rings. The number of hydrogen-bond acceptors (Lipinski definition) is 5. The minimum absolute atomic E-state index is 0.0964. The smallest absolute Gasteiger partial charge is 0.240 e. The molecule has 0 bridgehead atoms. The molecule has 0 amide bonds. The number of nitrogens with one attached hydrogen (secondary N) is 2. The van der Waals surface area contributed by atoms with Crippen molar-refractivity contribution in [2.24, 2.45) is 5.41 Å². The Hall–Kier alpha value is -1.31. The van der Waals surface area contributed by atoms with E-state index in [1.807, 2.05) is 13.8 Å². The van der Waals surface area contributed by atoms with E-state index in [1.165, 1.54) is 19.2 Å². The van der Waals surface area contributed by atoms with Gasteiger partial charge < -0.3 is 16.2 Å². The fourth-order valence-corrected chi connectivity index (χ4v) is 2.81. The second-order valence-corrected chi connectivity index (χ2v) is 7.06. The van der Waals surface area contributed by atoms with Crippen molar-refractivity contribution < 1.29 is 13.5 Å². The van der Waals surface area contributed by atoms with Gasteiger partial charge in [0.2, 0.25) is 10.0 Å². The standard InChI is InChI=1S/C14H25N3O3S/c1-4-14(5-2,10-18)9-17-13-7-6-11(8-12(13)15)21(19,20)16-3/h6-8,16-18H,4-5,9-10,15H2,1-3H3. The van der Waals surface area contributed by atoms with Gasteiger partial charge in [0.15, 0.2) is 0 Å². The summed E-state index contributed by atoms with van der Waals surface area (Å²) in [6, 6.07) is 4.57. The lowest BCUT2D eigenvalue weighted by molar-refractivity contribution is 0.127. The SMILES string of the molecule is CCC(CC)(CO)CNc1ccc(S(=O)(=O)NC)cc1N. The number of nitrogens with two attached hydrogens (primary N) is 1. The van der Waals surface area contributed by atoms with Gasteiger partial charge in [0.1, 0.15) is 0 Å². The lowest BCUT2D eigenvalue weighted by atomic mass is 9.83. The van der Waals surface area contributed by atoms with Gasteiger partial charge in [0, 0.05) is 12.0 Å². The Labute approximate surface area is 126 Å². The van der Waals surface area contributed by atoms with Gasteiger partial charge in [-0.1, -0.05) is 13.8 Å². The van der Waals surface area contributed by atoms with Crippen LogP contribution in [0.15, 0.2) is 23.1 Å². The summed E-state index contributed by atoms with van der Waals surface area (Å²) in [5.41, 5.74) is 6.75. The lowest BCUT2D eigenvalue weighted by Gasteiger charge is -2.30. The summed E-state index contributed by atoms with van der Waals surface area (Å²) in [6.07, 6.45) is 1.69. The van der Waals surface area contributed by atoms with Gasteiger partial charge in [0.05, 0.1) is 22.9 Å². The molecule has 0 aromatic heterocycles. The predicted octanol–water partition coefficient (Wildman–Crippen LogP) is 1.39. The number of anilines is 2. The van der Waals surface area contributed by atoms with E-state index in [9.17, 15) is 13.5 Å². The summed E-state index contributed by atoms with van der Waals surface area (Å²) < 4.78 is 25.7. The number of benzene rings is 1. The molecule has 1 aromatic rings. The molecule has 0 aliphatic heterocycles. The first-order chi connectivity index (χ1) is 9.84. The van der Waals surface area contributed by atoms with Crippen LogP contribution in [-0.2, 0) is 10.0 Å². The first kappa shape index (κ1) is 17.7. The van der Waals surface area contributed by atoms with Crippen LogP contribution in [-0.4, -0.2) is 33.7 Å². The highest BCUT2D eigenvalue weighted by Crippen LogP contribution is 2.28. The number of rotatable bonds is 8. The monoisotopic (exact) mass is 315 g/mol. The Bertz CT molecular complexity index is 561. The fourth-order valence-electron chi connectivity index (χ4n) is 2.05. The van der Waals surface area contributed by atoms with Crippen LogP contribution >= 0.6 is 0 Å². The number of aliphatic hydroxyl groups excluding tert-OH is 1. The predicted molar refractivity (Wildman–Crippen MR) is 85.7 cm³/mol. The van der Waals surface area contributed by atoms with Crippen LogP contribution in [0.25, 0.3) is 0 Å². The molecule has 0 radical (unpaired) electrons. The molecule has 0 saturated heterocycles. The Kier molecular flexibility index (Phi) is 6.00. The maximum absolute atomic E-state index is 11.7. The Morgan fingerprint density at radius 2 is 1.90 bits per heavy atom. The fraction of sp³-hybridized carbons (Fsp3) is 0.571. The summed E-state index contributed by atoms with van der Waals surface area (Å²) in [4.78, 5) is 0.132. The van der Waals surface area contributed by atoms with Crippen LogP contribution in [0, 0.1) is 5.41 Å². The van der Waals surface area contributed by atoms with Gasteiger partial charge in [-0.15, -0.1) is 0 Å². The van der Waals surface area contributed by atoms with Crippen LogP contribution in [0.4, 0.5) is 11.4 Å². The maximum atomic E-state index is 11.7. The van der Waals surface area contributed by atoms with Gasteiger partial charge in [-0.05, 0) is 38.1 Å². The number of hydrogen-bond donors (Lipinski definition) is 4. The molecule has 0 unspecified atom stereocenters. The third-order valence-corrected chi connectivity index (χ3v) is 5.50. The van der Waals surface area contributed by atoms with Crippen molar-refractivity contribution in [1.29, 1.82) is 0 Å². The molecule has 21 heavy (non-hydrogen) atoms. The first-order valence-electron chi connectivity index (χ1n) is 7.02. The van der Waals surface area contributed by atoms with Crippen LogP contribution in [0.5, 0.6) is 0 Å². The molecule has 0 spiro atoms. The Morgan fingerprint density at radius 1 is 1.29 bits per heavy atom. The summed E-state index contributed by atoms with van der Waals surface area (Å²) in [5, 5.41) is 12.8. The second kappa shape index (κ2) is 7.11. The molecule has 0 aliphatic rings. The minimum Gasteiger partial charge on any atom is -0.397 e. The zero-order valence-electron chi connectivity index (χ0n) is 12.8. The summed E-state index contributed by atoms with van der Waals surface area (Å²) >= 11 is 0. The van der Waals surface area contributed by atoms with Crippen molar-refractivity contribution in [2.45, 2.75) is 31.6 Å². The van der Waals surface area contributed by atoms with Crippen molar-refractivity contribution in [3.05, 3.63) is 18.2 Å². The zero-order valence-corrected chi connectivity index (χ0v) is 13.6. The molecule has 120 valence electrons. The maximum Gasteiger partial charge on any atom is 0.240 e. The molecule has 1 aromatic carbocycles. The van der Waals surface area contributed by atoms with Gasteiger partial charge in [-0.25, -0.2) is 13.1 Å². The van der Waals surface area contributed by atoms with Crippen molar-refractivity contribution in [3.8, 4) is 0 Å². The highest BCUT2D eigenvalue weighted by molar-refractivity contribution is 7.89. The summed E-state index contributed by atoms with van der Waals surface area (Å²) in [7, 11) is -2.14. The highest BCUT2D eigenvalue weighted by atomic mass is 32.2. The lowest BCUT2D eigenvalue weighted by Crippen LogP contribution is -2.32. The quantitative estimate of drug-likeness (QED) is 0.543. The molecule has 0 heterocycles. The largest absolute Gasteiger partial charge is 0.397 e. The Balaban J connectivity index is 2.92. The van der Waals surface area contributed by atoms with Gasteiger partial charge in [-0.2, -0.15) is 0 Å². The first-order valence-corrected chi connectivity index (χ1v) is 8.50. The highest BCUT2D eigenvalue weighted by Gasteiger charge is 2.25. The zero-order chi connectivity index (χ0) is 16.1. The van der Waals surface area contributed by atoms with Gasteiger partial charge in [-0.3, -0.25) is 0 Å². The molecular weight excluding hydrogens is 290 g/mol. The molecule has 0 saturated carbocycles. The number of nitrogen functional groups attached to an aromatic ring is 1. The molecule has 7 heteroatoms. The van der Waals surface area contributed by atoms with E-state index in [0.29, 0.717) is 17.9 Å². The average Bonchev–Trinajstić information content (AvgIpc) is 2.50. The molecular formula is C14H25N3O3S. The van der Waals surface area contributed by atoms with Gasteiger partial charge in [0.25, 0.3) is 0 Å². The van der Waals surface area contributed by atoms with E-state index in [4.69, 9.17) is 5.73 Å². The molecule has 0 aliphatic carbocycles. The topological polar surface area (TPSA) is 104 Å². The minimum atomic E-state index is -3.49. The van der Waals surface area contributed by atoms with Crippen molar-refractivity contribution in [1.82, 2.24) is 4.72 Å². The third kappa shape index (κ3) is 4.09. The Morgan fingerprint density at radius 3 is 2.33 bits per heavy atom. The van der Waals surface area contributed by atoms with E-state index < -0.39 is 10.0 Å². The third-order valence-electron chi connectivity index (χ3n) is 4.09. The average molecular weight is 315 g/mol. The number of sulfonamides is 1. The normalized spacial score (nSPS) is 12.4. The molecule has 1 rings (SSSR count). The van der Waals surface area contributed by atoms with Crippen LogP contribution in [0.1, 0.15) is 26.7 Å². The molecule has 0 atom stereocenters. The van der Waals surface area contributed by atoms with Gasteiger partial charge >= 0.3 is 0 Å². The van der Waals surface area contributed by atoms with Crippen LogP contribution in [0.2, 0.25) is 0 Å². The summed E-state index contributed by atoms with van der Waals surface area (Å²) in [6.45, 7) is 4.75. The van der Waals surface area contributed by atoms with Crippen LogP contribution in [0.3, 0.4) is 0 Å². The van der Waals surface area contributed by atoms with E-state index >= 15 is 0 Å². The summed E-state index contributed by atoms with van der Waals surface area (Å²) in [5.74, 6) is 0.